The molecule has 0 unspecified atom stereocenters. The molecule has 160 valence electrons. The molecule has 1 heterocycles. The second-order valence-electron chi connectivity index (χ2n) is 7.99. The lowest BCUT2D eigenvalue weighted by molar-refractivity contribution is 0.0677. The lowest BCUT2D eigenvalue weighted by atomic mass is 9.91. The van der Waals surface area contributed by atoms with Crippen LogP contribution in [0.25, 0.3) is 0 Å². The van der Waals surface area contributed by atoms with Gasteiger partial charge in [0, 0.05) is 24.8 Å². The number of nitrogens with two attached hydrogens (primary N) is 1. The lowest BCUT2D eigenvalue weighted by Gasteiger charge is -2.33. The van der Waals surface area contributed by atoms with Crippen LogP contribution < -0.4 is 15.8 Å². The molecule has 1 saturated carbocycles. The zero-order valence-electron chi connectivity index (χ0n) is 17.5. The van der Waals surface area contributed by atoms with Crippen LogP contribution in [0.3, 0.4) is 0 Å². The Kier molecular flexibility index (Phi) is 7.21. The smallest absolute Gasteiger partial charge is 0.198 e. The summed E-state index contributed by atoms with van der Waals surface area (Å²) in [6.07, 6.45) is 4.52. The molecule has 1 aliphatic carbocycles. The second kappa shape index (κ2) is 10.5. The van der Waals surface area contributed by atoms with E-state index < -0.39 is 0 Å². The maximum Gasteiger partial charge on any atom is 0.198 e. The monoisotopic (exact) mass is 408 g/mol. The van der Waals surface area contributed by atoms with Crippen LogP contribution in [0.4, 0.5) is 5.69 Å². The van der Waals surface area contributed by atoms with Crippen LogP contribution in [0.5, 0.6) is 5.75 Å². The van der Waals surface area contributed by atoms with Gasteiger partial charge in [-0.1, -0.05) is 43.2 Å². The van der Waals surface area contributed by atoms with Crippen molar-refractivity contribution in [2.75, 3.05) is 31.6 Å². The Labute approximate surface area is 179 Å². The molecule has 2 aliphatic rings. The highest BCUT2D eigenvalue weighted by atomic mass is 16.5. The van der Waals surface area contributed by atoms with Crippen molar-refractivity contribution in [3.05, 3.63) is 60.2 Å². The maximum atomic E-state index is 6.36. The Morgan fingerprint density at radius 3 is 2.50 bits per heavy atom. The maximum absolute atomic E-state index is 6.36. The van der Waals surface area contributed by atoms with Gasteiger partial charge in [-0.3, -0.25) is 0 Å². The van der Waals surface area contributed by atoms with E-state index in [2.05, 4.69) is 22.3 Å². The summed E-state index contributed by atoms with van der Waals surface area (Å²) in [5.74, 6) is 1.75. The Bertz CT molecular complexity index is 804. The predicted molar refractivity (Wildman–Crippen MR) is 121 cm³/mol. The van der Waals surface area contributed by atoms with Crippen molar-refractivity contribution in [3.8, 4) is 5.75 Å². The minimum Gasteiger partial charge on any atom is -0.489 e. The van der Waals surface area contributed by atoms with E-state index in [0.717, 1.165) is 62.1 Å². The first kappa shape index (κ1) is 20.7. The summed E-state index contributed by atoms with van der Waals surface area (Å²) in [5.41, 5.74) is 8.51. The fourth-order valence-corrected chi connectivity index (χ4v) is 3.93. The van der Waals surface area contributed by atoms with E-state index in [0.29, 0.717) is 6.61 Å². The molecule has 2 aromatic carbocycles. The van der Waals surface area contributed by atoms with E-state index in [-0.39, 0.29) is 12.1 Å². The van der Waals surface area contributed by atoms with Gasteiger partial charge < -0.3 is 25.4 Å². The number of anilines is 1. The third-order valence-electron chi connectivity index (χ3n) is 5.74. The van der Waals surface area contributed by atoms with Crippen molar-refractivity contribution in [3.63, 3.8) is 0 Å². The molecule has 1 saturated heterocycles. The average Bonchev–Trinajstić information content (AvgIpc) is 2.81. The fourth-order valence-electron chi connectivity index (χ4n) is 3.93. The largest absolute Gasteiger partial charge is 0.489 e. The summed E-state index contributed by atoms with van der Waals surface area (Å²) in [6.45, 7) is 3.69. The van der Waals surface area contributed by atoms with Crippen LogP contribution in [0.1, 0.15) is 31.2 Å². The predicted octanol–water partition coefficient (Wildman–Crippen LogP) is 3.64. The van der Waals surface area contributed by atoms with Gasteiger partial charge in [0.25, 0.3) is 0 Å². The van der Waals surface area contributed by atoms with Gasteiger partial charge in [-0.05, 0) is 42.7 Å². The highest BCUT2D eigenvalue weighted by molar-refractivity contribution is 5.94. The molecule has 0 bridgehead atoms. The number of benzene rings is 2. The normalized spacial score (nSPS) is 22.6. The molecule has 30 heavy (non-hydrogen) atoms. The van der Waals surface area contributed by atoms with Crippen molar-refractivity contribution < 1.29 is 9.47 Å². The number of nitrogens with zero attached hydrogens (tertiary/aromatic N) is 2. The molecule has 1 aliphatic heterocycles. The SMILES string of the molecule is N[C@H]1CCCC[C@@H]1N=C(Nc1ccc(OCc2ccccc2)cc1)N1CCOCC1. The molecular formula is C24H32N4O2. The molecule has 2 atom stereocenters. The molecule has 0 radical (unpaired) electrons. The first-order chi connectivity index (χ1) is 14.8. The summed E-state index contributed by atoms with van der Waals surface area (Å²) in [5, 5.41) is 3.53. The van der Waals surface area contributed by atoms with E-state index in [1.54, 1.807) is 0 Å². The van der Waals surface area contributed by atoms with E-state index in [1.807, 2.05) is 42.5 Å². The van der Waals surface area contributed by atoms with Crippen LogP contribution in [0.2, 0.25) is 0 Å². The molecule has 2 fully saturated rings. The number of hydrogen-bond donors (Lipinski definition) is 2. The number of rotatable bonds is 5. The first-order valence-electron chi connectivity index (χ1n) is 11.0. The molecule has 0 amide bonds. The number of ether oxygens (including phenoxy) is 2. The van der Waals surface area contributed by atoms with E-state index >= 15 is 0 Å². The fraction of sp³-hybridized carbons (Fsp3) is 0.458. The summed E-state index contributed by atoms with van der Waals surface area (Å²) < 4.78 is 11.4. The lowest BCUT2D eigenvalue weighted by Crippen LogP contribution is -2.46. The Balaban J connectivity index is 1.42. The summed E-state index contributed by atoms with van der Waals surface area (Å²) in [7, 11) is 0. The third kappa shape index (κ3) is 5.74. The van der Waals surface area contributed by atoms with E-state index in [1.165, 1.54) is 12.8 Å². The van der Waals surface area contributed by atoms with Gasteiger partial charge in [0.1, 0.15) is 12.4 Å². The number of aliphatic imine (C=N–C) groups is 1. The zero-order chi connectivity index (χ0) is 20.6. The Morgan fingerprint density at radius 2 is 1.77 bits per heavy atom. The van der Waals surface area contributed by atoms with Gasteiger partial charge in [-0.2, -0.15) is 0 Å². The quantitative estimate of drug-likeness (QED) is 0.584. The highest BCUT2D eigenvalue weighted by Gasteiger charge is 2.24. The molecule has 3 N–H and O–H groups in total. The minimum atomic E-state index is 0.144. The minimum absolute atomic E-state index is 0.144. The summed E-state index contributed by atoms with van der Waals surface area (Å²) in [6, 6.07) is 18.6. The average molecular weight is 409 g/mol. The van der Waals surface area contributed by atoms with Crippen LogP contribution in [-0.4, -0.2) is 49.2 Å². The molecule has 4 rings (SSSR count). The molecule has 6 heteroatoms. The van der Waals surface area contributed by atoms with Crippen LogP contribution in [0.15, 0.2) is 59.6 Å². The summed E-state index contributed by atoms with van der Waals surface area (Å²) in [4.78, 5) is 7.32. The molecule has 2 aromatic rings. The Hall–Kier alpha value is -2.57. The highest BCUT2D eigenvalue weighted by Crippen LogP contribution is 2.22. The second-order valence-corrected chi connectivity index (χ2v) is 7.99. The summed E-state index contributed by atoms with van der Waals surface area (Å²) >= 11 is 0. The van der Waals surface area contributed by atoms with Gasteiger partial charge in [-0.25, -0.2) is 4.99 Å². The zero-order valence-corrected chi connectivity index (χ0v) is 17.5. The van der Waals surface area contributed by atoms with Gasteiger partial charge in [0.05, 0.1) is 19.3 Å². The van der Waals surface area contributed by atoms with Crippen molar-refractivity contribution in [2.24, 2.45) is 10.7 Å². The number of guanidine groups is 1. The molecule has 0 spiro atoms. The standard InChI is InChI=1S/C24H32N4O2/c25-22-8-4-5-9-23(22)27-24(28-14-16-29-17-15-28)26-20-10-12-21(13-11-20)30-18-19-6-2-1-3-7-19/h1-3,6-7,10-13,22-23H,4-5,8-9,14-18,25H2,(H,26,27)/t22-,23-/m0/s1. The van der Waals surface area contributed by atoms with Crippen LogP contribution >= 0.6 is 0 Å². The molecule has 6 nitrogen and oxygen atoms in total. The van der Waals surface area contributed by atoms with Gasteiger partial charge in [0.15, 0.2) is 5.96 Å². The number of nitrogens with one attached hydrogen (secondary N) is 1. The Morgan fingerprint density at radius 1 is 1.03 bits per heavy atom. The van der Waals surface area contributed by atoms with Crippen molar-refractivity contribution in [1.29, 1.82) is 0 Å². The third-order valence-corrected chi connectivity index (χ3v) is 5.74. The van der Waals surface area contributed by atoms with E-state index in [4.69, 9.17) is 20.2 Å². The molecular weight excluding hydrogens is 376 g/mol. The van der Waals surface area contributed by atoms with Gasteiger partial charge in [-0.15, -0.1) is 0 Å². The first-order valence-corrected chi connectivity index (χ1v) is 11.0. The number of morpholine rings is 1. The van der Waals surface area contributed by atoms with Crippen LogP contribution in [0, 0.1) is 0 Å². The van der Waals surface area contributed by atoms with Gasteiger partial charge in [0.2, 0.25) is 0 Å². The van der Waals surface area contributed by atoms with Crippen molar-refractivity contribution in [1.82, 2.24) is 4.90 Å². The van der Waals surface area contributed by atoms with E-state index in [9.17, 15) is 0 Å². The van der Waals surface area contributed by atoms with Crippen molar-refractivity contribution in [2.45, 2.75) is 44.4 Å². The topological polar surface area (TPSA) is 72.1 Å². The van der Waals surface area contributed by atoms with Crippen LogP contribution in [-0.2, 0) is 11.3 Å². The van der Waals surface area contributed by atoms with Crippen molar-refractivity contribution >= 4 is 11.6 Å². The molecule has 0 aromatic heterocycles. The number of hydrogen-bond acceptors (Lipinski definition) is 4. The van der Waals surface area contributed by atoms with Gasteiger partial charge >= 0.3 is 0 Å².